The highest BCUT2D eigenvalue weighted by Gasteiger charge is 2.22. The summed E-state index contributed by atoms with van der Waals surface area (Å²) in [6.07, 6.45) is 3.61. The van der Waals surface area contributed by atoms with Crippen LogP contribution in [0.15, 0.2) is 109 Å². The first kappa shape index (κ1) is 26.0. The Morgan fingerprint density at radius 2 is 0.977 bits per heavy atom. The minimum absolute atomic E-state index is 0.610. The maximum absolute atomic E-state index is 10.5. The molecule has 0 amide bonds. The van der Waals surface area contributed by atoms with Gasteiger partial charge in [0.1, 0.15) is 0 Å². The summed E-state index contributed by atoms with van der Waals surface area (Å²) in [5.41, 5.74) is 13.7. The quantitative estimate of drug-likeness (QED) is 0.214. The summed E-state index contributed by atoms with van der Waals surface area (Å²) in [5, 5.41) is 15.4. The number of rotatable bonds is 3. The zero-order valence-corrected chi connectivity index (χ0v) is 25.2. The zero-order chi connectivity index (χ0) is 30.1. The minimum atomic E-state index is 0.610. The maximum atomic E-state index is 10.5. The lowest BCUT2D eigenvalue weighted by Gasteiger charge is -2.19. The molecule has 0 aliphatic heterocycles. The van der Waals surface area contributed by atoms with Gasteiger partial charge in [0.2, 0.25) is 0 Å². The largest absolute Gasteiger partial charge is 0.307 e. The molecule has 0 fully saturated rings. The predicted molar refractivity (Wildman–Crippen MR) is 182 cm³/mol. The van der Waals surface area contributed by atoms with E-state index in [-0.39, 0.29) is 0 Å². The fraction of sp³-hybridized carbons (Fsp3) is 0.100. The van der Waals surface area contributed by atoms with Crippen molar-refractivity contribution >= 4 is 43.6 Å². The molecule has 0 aliphatic carbocycles. The van der Waals surface area contributed by atoms with Gasteiger partial charge in [-0.3, -0.25) is 4.98 Å². The topological polar surface area (TPSA) is 46.5 Å². The van der Waals surface area contributed by atoms with Crippen LogP contribution in [0.4, 0.5) is 0 Å². The van der Waals surface area contributed by atoms with Gasteiger partial charge in [-0.15, -0.1) is 0 Å². The molecule has 0 atom stereocenters. The van der Waals surface area contributed by atoms with Gasteiger partial charge < -0.3 is 9.13 Å². The average molecular weight is 567 g/mol. The van der Waals surface area contributed by atoms with E-state index in [0.29, 0.717) is 5.56 Å². The third-order valence-electron chi connectivity index (χ3n) is 8.84. The van der Waals surface area contributed by atoms with Gasteiger partial charge in [-0.1, -0.05) is 52.6 Å². The summed E-state index contributed by atoms with van der Waals surface area (Å²) >= 11 is 0. The van der Waals surface area contributed by atoms with E-state index in [1.165, 1.54) is 43.8 Å². The highest BCUT2D eigenvalue weighted by molar-refractivity contribution is 6.12. The van der Waals surface area contributed by atoms with Crippen molar-refractivity contribution in [2.45, 2.75) is 27.7 Å². The molecule has 210 valence electrons. The third kappa shape index (κ3) is 3.87. The fourth-order valence-electron chi connectivity index (χ4n) is 6.81. The molecule has 3 aromatic heterocycles. The molecule has 8 aromatic rings. The van der Waals surface area contributed by atoms with Gasteiger partial charge in [-0.05, 0) is 94.4 Å². The molecule has 0 bridgehead atoms. The van der Waals surface area contributed by atoms with Gasteiger partial charge in [0, 0.05) is 45.1 Å². The monoisotopic (exact) mass is 566 g/mol. The molecule has 4 nitrogen and oxygen atoms in total. The normalized spacial score (nSPS) is 11.6. The van der Waals surface area contributed by atoms with Crippen molar-refractivity contribution in [2.75, 3.05) is 0 Å². The molecule has 44 heavy (non-hydrogen) atoms. The Morgan fingerprint density at radius 1 is 0.545 bits per heavy atom. The molecule has 0 aliphatic rings. The van der Waals surface area contributed by atoms with Crippen molar-refractivity contribution < 1.29 is 0 Å². The van der Waals surface area contributed by atoms with Gasteiger partial charge in [0.15, 0.2) is 0 Å². The number of nitriles is 1. The predicted octanol–water partition coefficient (Wildman–Crippen LogP) is 10.0. The van der Waals surface area contributed by atoms with Crippen LogP contribution in [-0.4, -0.2) is 14.1 Å². The van der Waals surface area contributed by atoms with Crippen LogP contribution in [0.25, 0.3) is 66.1 Å². The van der Waals surface area contributed by atoms with Crippen molar-refractivity contribution in [3.63, 3.8) is 0 Å². The Labute approximate surface area is 256 Å². The Morgan fingerprint density at radius 3 is 1.36 bits per heavy atom. The second-order valence-electron chi connectivity index (χ2n) is 12.0. The molecule has 0 unspecified atom stereocenters. The Hall–Kier alpha value is -5.66. The molecule has 0 radical (unpaired) electrons. The molecule has 0 spiro atoms. The minimum Gasteiger partial charge on any atom is -0.307 e. The highest BCUT2D eigenvalue weighted by atomic mass is 15.1. The molecular weight excluding hydrogens is 536 g/mol. The number of aromatic nitrogens is 3. The van der Waals surface area contributed by atoms with Crippen LogP contribution in [0, 0.1) is 39.0 Å². The van der Waals surface area contributed by atoms with E-state index in [4.69, 9.17) is 0 Å². The lowest BCUT2D eigenvalue weighted by Crippen LogP contribution is -2.05. The first-order chi connectivity index (χ1) is 21.4. The van der Waals surface area contributed by atoms with Crippen molar-refractivity contribution in [3.05, 3.63) is 137 Å². The number of pyridine rings is 1. The van der Waals surface area contributed by atoms with Crippen LogP contribution in [0.1, 0.15) is 27.8 Å². The van der Waals surface area contributed by atoms with Gasteiger partial charge in [0.25, 0.3) is 0 Å². The van der Waals surface area contributed by atoms with Crippen LogP contribution in [0.5, 0.6) is 0 Å². The third-order valence-corrected chi connectivity index (χ3v) is 8.84. The van der Waals surface area contributed by atoms with Crippen LogP contribution in [0.2, 0.25) is 0 Å². The molecule has 5 aromatic carbocycles. The second-order valence-corrected chi connectivity index (χ2v) is 12.0. The summed E-state index contributed by atoms with van der Waals surface area (Å²) < 4.78 is 4.72. The van der Waals surface area contributed by atoms with Crippen LogP contribution in [-0.2, 0) is 0 Å². The highest BCUT2D eigenvalue weighted by Crippen LogP contribution is 2.41. The summed E-state index contributed by atoms with van der Waals surface area (Å²) in [7, 11) is 0. The maximum Gasteiger partial charge on any atom is 0.0999 e. The van der Waals surface area contributed by atoms with E-state index in [1.807, 2.05) is 18.3 Å². The molecule has 0 N–H and O–H groups in total. The number of hydrogen-bond acceptors (Lipinski definition) is 2. The fourth-order valence-corrected chi connectivity index (χ4v) is 6.81. The van der Waals surface area contributed by atoms with Crippen molar-refractivity contribution in [1.82, 2.24) is 14.1 Å². The molecular formula is C40H30N4. The van der Waals surface area contributed by atoms with Gasteiger partial charge in [0.05, 0.1) is 45.1 Å². The summed E-state index contributed by atoms with van der Waals surface area (Å²) in [6, 6.07) is 37.4. The number of fused-ring (bicyclic) bond motifs is 6. The molecule has 0 saturated heterocycles. The SMILES string of the molecule is Cc1ccc2c(c1)c1cc(C)ccc1n2-c1cc(C#N)c(-c2cccnc2)cc1-n1c2ccc(C)cc2c2cc(C)ccc21. The molecule has 3 heterocycles. The molecule has 4 heteroatoms. The number of aryl methyl sites for hydroxylation is 4. The van der Waals surface area contributed by atoms with Crippen molar-refractivity contribution in [1.29, 1.82) is 5.26 Å². The molecule has 8 rings (SSSR count). The lowest BCUT2D eigenvalue weighted by atomic mass is 9.99. The second kappa shape index (κ2) is 9.69. The number of hydrogen-bond donors (Lipinski definition) is 0. The smallest absolute Gasteiger partial charge is 0.0999 e. The van der Waals surface area contributed by atoms with Crippen LogP contribution >= 0.6 is 0 Å². The molecule has 0 saturated carbocycles. The zero-order valence-electron chi connectivity index (χ0n) is 25.2. The summed E-state index contributed by atoms with van der Waals surface area (Å²) in [4.78, 5) is 4.40. The van der Waals surface area contributed by atoms with E-state index in [2.05, 4.69) is 133 Å². The summed E-state index contributed by atoms with van der Waals surface area (Å²) in [6.45, 7) is 8.58. The van der Waals surface area contributed by atoms with Crippen LogP contribution in [0.3, 0.4) is 0 Å². The van der Waals surface area contributed by atoms with E-state index >= 15 is 0 Å². The Balaban J connectivity index is 1.59. The van der Waals surface area contributed by atoms with E-state index in [1.54, 1.807) is 6.20 Å². The van der Waals surface area contributed by atoms with E-state index in [9.17, 15) is 5.26 Å². The average Bonchev–Trinajstić information content (AvgIpc) is 3.51. The lowest BCUT2D eigenvalue weighted by molar-refractivity contribution is 1.09. The standard InChI is InChI=1S/C40H30N4/c1-24-7-11-35-31(16-24)32-17-25(2)8-12-36(32)43(35)39-20-29(22-41)30(28-6-5-15-42-23-28)21-40(39)44-37-13-9-26(3)18-33(37)34-19-27(4)10-14-38(34)44/h5-21,23H,1-4H3. The number of nitrogens with zero attached hydrogens (tertiary/aromatic N) is 4. The van der Waals surface area contributed by atoms with Crippen LogP contribution < -0.4 is 0 Å². The number of benzene rings is 5. The van der Waals surface area contributed by atoms with E-state index in [0.717, 1.165) is 44.6 Å². The van der Waals surface area contributed by atoms with E-state index < -0.39 is 0 Å². The van der Waals surface area contributed by atoms with Gasteiger partial charge in [-0.25, -0.2) is 0 Å². The first-order valence-corrected chi connectivity index (χ1v) is 14.9. The van der Waals surface area contributed by atoms with Crippen molar-refractivity contribution in [3.8, 4) is 28.6 Å². The van der Waals surface area contributed by atoms with Crippen molar-refractivity contribution in [2.24, 2.45) is 0 Å². The van der Waals surface area contributed by atoms with Gasteiger partial charge in [-0.2, -0.15) is 5.26 Å². The first-order valence-electron chi connectivity index (χ1n) is 14.9. The Bertz CT molecular complexity index is 2370. The van der Waals surface area contributed by atoms with Gasteiger partial charge >= 0.3 is 0 Å². The Kier molecular flexibility index (Phi) is 5.73. The summed E-state index contributed by atoms with van der Waals surface area (Å²) in [5.74, 6) is 0.